The number of phenols is 1. The van der Waals surface area contributed by atoms with Gasteiger partial charge < -0.3 is 21.3 Å². The number of aromatic hydroxyl groups is 1. The molecule has 1 aromatic rings. The summed E-state index contributed by atoms with van der Waals surface area (Å²) in [5, 5.41) is 23.0. The van der Waals surface area contributed by atoms with Crippen LogP contribution in [0.2, 0.25) is 0 Å². The van der Waals surface area contributed by atoms with Gasteiger partial charge in [-0.15, -0.1) is 0 Å². The number of nitrogens with one attached hydrogen (secondary N) is 1. The van der Waals surface area contributed by atoms with Crippen molar-refractivity contribution in [1.29, 1.82) is 0 Å². The largest absolute Gasteiger partial charge is 0.506 e. The normalized spacial score (nSPS) is 19.6. The molecule has 0 aromatic heterocycles. The SMILES string of the molecule is Nc1c(O)cccc1C(O)C1CCNCC1. The number of piperidine rings is 1. The Morgan fingerprint density at radius 1 is 1.31 bits per heavy atom. The number of nitrogen functional groups attached to an aromatic ring is 1. The number of hydrogen-bond donors (Lipinski definition) is 4. The summed E-state index contributed by atoms with van der Waals surface area (Å²) < 4.78 is 0. The Balaban J connectivity index is 2.19. The molecule has 0 spiro atoms. The van der Waals surface area contributed by atoms with E-state index >= 15 is 0 Å². The van der Waals surface area contributed by atoms with Crippen LogP contribution >= 0.6 is 0 Å². The van der Waals surface area contributed by atoms with Crippen LogP contribution in [0, 0.1) is 5.92 Å². The molecule has 5 N–H and O–H groups in total. The molecule has 88 valence electrons. The van der Waals surface area contributed by atoms with Gasteiger partial charge in [-0.2, -0.15) is 0 Å². The highest BCUT2D eigenvalue weighted by Crippen LogP contribution is 2.35. The highest BCUT2D eigenvalue weighted by molar-refractivity contribution is 5.58. The van der Waals surface area contributed by atoms with Crippen molar-refractivity contribution >= 4 is 5.69 Å². The minimum Gasteiger partial charge on any atom is -0.506 e. The molecule has 1 fully saturated rings. The first-order valence-electron chi connectivity index (χ1n) is 5.66. The lowest BCUT2D eigenvalue weighted by molar-refractivity contribution is 0.0894. The Bertz CT molecular complexity index is 362. The van der Waals surface area contributed by atoms with Crippen LogP contribution in [-0.2, 0) is 0 Å². The fourth-order valence-corrected chi connectivity index (χ4v) is 2.24. The average Bonchev–Trinajstić information content (AvgIpc) is 2.33. The number of nitrogens with two attached hydrogens (primary N) is 1. The van der Waals surface area contributed by atoms with Crippen LogP contribution in [-0.4, -0.2) is 23.3 Å². The number of para-hydroxylation sites is 1. The van der Waals surface area contributed by atoms with Crippen molar-refractivity contribution in [3.05, 3.63) is 23.8 Å². The van der Waals surface area contributed by atoms with Gasteiger partial charge >= 0.3 is 0 Å². The number of hydrogen-bond acceptors (Lipinski definition) is 4. The van der Waals surface area contributed by atoms with Crippen LogP contribution in [0.4, 0.5) is 5.69 Å². The molecule has 4 nitrogen and oxygen atoms in total. The topological polar surface area (TPSA) is 78.5 Å². The third-order valence-electron chi connectivity index (χ3n) is 3.27. The van der Waals surface area contributed by atoms with Gasteiger partial charge in [0.2, 0.25) is 0 Å². The first kappa shape index (κ1) is 11.2. The monoisotopic (exact) mass is 222 g/mol. The Morgan fingerprint density at radius 3 is 2.69 bits per heavy atom. The van der Waals surface area contributed by atoms with Gasteiger partial charge in [0, 0.05) is 5.56 Å². The molecule has 2 rings (SSSR count). The van der Waals surface area contributed by atoms with E-state index in [4.69, 9.17) is 5.73 Å². The lowest BCUT2D eigenvalue weighted by atomic mass is 9.87. The molecule has 1 aliphatic rings. The van der Waals surface area contributed by atoms with Gasteiger partial charge in [-0.3, -0.25) is 0 Å². The average molecular weight is 222 g/mol. The first-order valence-corrected chi connectivity index (χ1v) is 5.66. The third kappa shape index (κ3) is 2.13. The molecule has 1 unspecified atom stereocenters. The Hall–Kier alpha value is -1.26. The molecular weight excluding hydrogens is 204 g/mol. The van der Waals surface area contributed by atoms with E-state index in [1.807, 2.05) is 0 Å². The first-order chi connectivity index (χ1) is 7.70. The van der Waals surface area contributed by atoms with Crippen LogP contribution < -0.4 is 11.1 Å². The summed E-state index contributed by atoms with van der Waals surface area (Å²) in [7, 11) is 0. The summed E-state index contributed by atoms with van der Waals surface area (Å²) in [6.45, 7) is 1.86. The quantitative estimate of drug-likeness (QED) is 0.445. The summed E-state index contributed by atoms with van der Waals surface area (Å²) >= 11 is 0. The van der Waals surface area contributed by atoms with Gasteiger partial charge in [0.05, 0.1) is 11.8 Å². The summed E-state index contributed by atoms with van der Waals surface area (Å²) in [4.78, 5) is 0. The van der Waals surface area contributed by atoms with E-state index in [2.05, 4.69) is 5.32 Å². The number of anilines is 1. The highest BCUT2D eigenvalue weighted by atomic mass is 16.3. The molecule has 1 atom stereocenters. The number of aliphatic hydroxyl groups is 1. The molecule has 1 aromatic carbocycles. The summed E-state index contributed by atoms with van der Waals surface area (Å²) in [6.07, 6.45) is 1.31. The second kappa shape index (κ2) is 4.72. The van der Waals surface area contributed by atoms with Crippen LogP contribution in [0.15, 0.2) is 18.2 Å². The van der Waals surface area contributed by atoms with Crippen molar-refractivity contribution in [2.45, 2.75) is 18.9 Å². The van der Waals surface area contributed by atoms with Crippen LogP contribution in [0.5, 0.6) is 5.75 Å². The molecule has 1 saturated heterocycles. The molecule has 4 heteroatoms. The molecular formula is C12H18N2O2. The van der Waals surface area contributed by atoms with Gasteiger partial charge in [-0.05, 0) is 37.9 Å². The fraction of sp³-hybridized carbons (Fsp3) is 0.500. The maximum atomic E-state index is 10.2. The van der Waals surface area contributed by atoms with Gasteiger partial charge in [0.25, 0.3) is 0 Å². The maximum Gasteiger partial charge on any atom is 0.138 e. The van der Waals surface area contributed by atoms with Gasteiger partial charge in [-0.1, -0.05) is 12.1 Å². The predicted octanol–water partition coefficient (Wildman–Crippen LogP) is 1.01. The van der Waals surface area contributed by atoms with Crippen molar-refractivity contribution in [3.8, 4) is 5.75 Å². The summed E-state index contributed by atoms with van der Waals surface area (Å²) in [5.41, 5.74) is 6.71. The lowest BCUT2D eigenvalue weighted by Gasteiger charge is -2.28. The van der Waals surface area contributed by atoms with Crippen molar-refractivity contribution < 1.29 is 10.2 Å². The smallest absolute Gasteiger partial charge is 0.138 e. The Kier molecular flexibility index (Phi) is 3.31. The number of benzene rings is 1. The van der Waals surface area contributed by atoms with Gasteiger partial charge in [0.15, 0.2) is 0 Å². The van der Waals surface area contributed by atoms with E-state index in [0.29, 0.717) is 11.3 Å². The second-order valence-electron chi connectivity index (χ2n) is 4.31. The number of phenolic OH excluding ortho intramolecular Hbond substituents is 1. The minimum atomic E-state index is -0.575. The zero-order valence-electron chi connectivity index (χ0n) is 9.19. The van der Waals surface area contributed by atoms with Gasteiger partial charge in [-0.25, -0.2) is 0 Å². The molecule has 0 amide bonds. The lowest BCUT2D eigenvalue weighted by Crippen LogP contribution is -2.31. The van der Waals surface area contributed by atoms with E-state index < -0.39 is 6.10 Å². The minimum absolute atomic E-state index is 0.0467. The summed E-state index contributed by atoms with van der Waals surface area (Å²) in [6, 6.07) is 5.03. The van der Waals surface area contributed by atoms with Crippen LogP contribution in [0.3, 0.4) is 0 Å². The third-order valence-corrected chi connectivity index (χ3v) is 3.27. The zero-order valence-corrected chi connectivity index (χ0v) is 9.19. The molecule has 0 radical (unpaired) electrons. The molecule has 0 saturated carbocycles. The molecule has 1 heterocycles. The Morgan fingerprint density at radius 2 is 2.00 bits per heavy atom. The van der Waals surface area contributed by atoms with E-state index in [1.54, 1.807) is 12.1 Å². The van der Waals surface area contributed by atoms with E-state index in [0.717, 1.165) is 25.9 Å². The standard InChI is InChI=1S/C12H18N2O2/c13-11-9(2-1-3-10(11)15)12(16)8-4-6-14-7-5-8/h1-3,8,12,14-16H,4-7,13H2. The molecule has 0 bridgehead atoms. The second-order valence-corrected chi connectivity index (χ2v) is 4.31. The van der Waals surface area contributed by atoms with Crippen molar-refractivity contribution in [1.82, 2.24) is 5.32 Å². The van der Waals surface area contributed by atoms with Crippen molar-refractivity contribution in [2.24, 2.45) is 5.92 Å². The van der Waals surface area contributed by atoms with Crippen molar-refractivity contribution in [2.75, 3.05) is 18.8 Å². The van der Waals surface area contributed by atoms with Crippen LogP contribution in [0.1, 0.15) is 24.5 Å². The number of rotatable bonds is 2. The predicted molar refractivity (Wildman–Crippen MR) is 63.1 cm³/mol. The van der Waals surface area contributed by atoms with E-state index in [9.17, 15) is 10.2 Å². The highest BCUT2D eigenvalue weighted by Gasteiger charge is 2.24. The zero-order chi connectivity index (χ0) is 11.5. The maximum absolute atomic E-state index is 10.2. The Labute approximate surface area is 95.1 Å². The number of aliphatic hydroxyl groups excluding tert-OH is 1. The van der Waals surface area contributed by atoms with E-state index in [1.165, 1.54) is 6.07 Å². The molecule has 0 aliphatic carbocycles. The summed E-state index contributed by atoms with van der Waals surface area (Å²) in [5.74, 6) is 0.274. The van der Waals surface area contributed by atoms with Gasteiger partial charge in [0.1, 0.15) is 5.75 Å². The van der Waals surface area contributed by atoms with Crippen LogP contribution in [0.25, 0.3) is 0 Å². The van der Waals surface area contributed by atoms with E-state index in [-0.39, 0.29) is 11.7 Å². The fourth-order valence-electron chi connectivity index (χ4n) is 2.24. The molecule has 16 heavy (non-hydrogen) atoms. The van der Waals surface area contributed by atoms with Crippen molar-refractivity contribution in [3.63, 3.8) is 0 Å². The molecule has 1 aliphatic heterocycles.